The van der Waals surface area contributed by atoms with Crippen molar-refractivity contribution in [2.75, 3.05) is 4.90 Å². The molecule has 0 spiro atoms. The minimum Gasteiger partial charge on any atom is -0.456 e. The molecule has 0 fully saturated rings. The second-order valence-electron chi connectivity index (χ2n) is 10.3. The topological polar surface area (TPSA) is 29.5 Å². The number of fused-ring (bicyclic) bond motifs is 9. The molecule has 9 aromatic rings. The quantitative estimate of drug-likeness (QED) is 0.213. The summed E-state index contributed by atoms with van der Waals surface area (Å²) in [5.41, 5.74) is 6.45. The van der Waals surface area contributed by atoms with Crippen LogP contribution in [0.1, 0.15) is 0 Å². The maximum Gasteiger partial charge on any atom is 0.153 e. The van der Waals surface area contributed by atoms with E-state index in [1.54, 1.807) is 0 Å². The van der Waals surface area contributed by atoms with Crippen molar-refractivity contribution in [3.63, 3.8) is 0 Å². The predicted octanol–water partition coefficient (Wildman–Crippen LogP) is 12.0. The third-order valence-corrected chi connectivity index (χ3v) is 9.38. The summed E-state index contributed by atoms with van der Waals surface area (Å²) in [6.45, 7) is 0. The molecule has 0 saturated carbocycles. The molecule has 0 radical (unpaired) electrons. The number of hydrogen-bond donors (Lipinski definition) is 0. The Bertz CT molecular complexity index is 2350. The molecule has 5 heteroatoms. The molecule has 6 aromatic carbocycles. The average Bonchev–Trinajstić information content (AvgIpc) is 3.69. The molecule has 194 valence electrons. The van der Waals surface area contributed by atoms with Crippen molar-refractivity contribution in [1.29, 1.82) is 0 Å². The van der Waals surface area contributed by atoms with Crippen LogP contribution in [0.3, 0.4) is 0 Å². The van der Waals surface area contributed by atoms with E-state index in [-0.39, 0.29) is 0 Å². The SMILES string of the molecule is Clc1cccc2c1oc1ccc(N(c3ccc4oc5ccccc5c4c3)c3ccc4sc5ccccc5c4c3)cc12. The third kappa shape index (κ3) is 3.45. The predicted molar refractivity (Wildman–Crippen MR) is 174 cm³/mol. The average molecular weight is 566 g/mol. The lowest BCUT2D eigenvalue weighted by Crippen LogP contribution is -2.09. The van der Waals surface area contributed by atoms with Crippen molar-refractivity contribution in [2.24, 2.45) is 0 Å². The van der Waals surface area contributed by atoms with Crippen LogP contribution < -0.4 is 4.90 Å². The first-order valence-electron chi connectivity index (χ1n) is 13.4. The first kappa shape index (κ1) is 23.0. The molecule has 41 heavy (non-hydrogen) atoms. The Morgan fingerprint density at radius 1 is 0.463 bits per heavy atom. The van der Waals surface area contributed by atoms with E-state index in [0.717, 1.165) is 55.4 Å². The van der Waals surface area contributed by atoms with Gasteiger partial charge < -0.3 is 13.7 Å². The van der Waals surface area contributed by atoms with Gasteiger partial charge in [0.15, 0.2) is 5.58 Å². The Labute approximate surface area is 243 Å². The largest absolute Gasteiger partial charge is 0.456 e. The number of anilines is 3. The molecule has 0 aliphatic carbocycles. The van der Waals surface area contributed by atoms with E-state index in [0.29, 0.717) is 10.6 Å². The highest BCUT2D eigenvalue weighted by Crippen LogP contribution is 2.44. The highest BCUT2D eigenvalue weighted by molar-refractivity contribution is 7.25. The van der Waals surface area contributed by atoms with E-state index >= 15 is 0 Å². The van der Waals surface area contributed by atoms with Gasteiger partial charge in [0.05, 0.1) is 5.02 Å². The van der Waals surface area contributed by atoms with E-state index in [9.17, 15) is 0 Å². The summed E-state index contributed by atoms with van der Waals surface area (Å²) < 4.78 is 14.9. The summed E-state index contributed by atoms with van der Waals surface area (Å²) in [6, 6.07) is 42.3. The van der Waals surface area contributed by atoms with E-state index in [1.165, 1.54) is 20.2 Å². The number of rotatable bonds is 3. The number of hydrogen-bond acceptors (Lipinski definition) is 4. The fourth-order valence-corrected chi connectivity index (χ4v) is 7.34. The normalized spacial score (nSPS) is 12.0. The van der Waals surface area contributed by atoms with Gasteiger partial charge in [-0.05, 0) is 72.8 Å². The van der Waals surface area contributed by atoms with Crippen LogP contribution in [0.15, 0.2) is 130 Å². The molecule has 0 bridgehead atoms. The summed E-state index contributed by atoms with van der Waals surface area (Å²) in [4.78, 5) is 2.32. The van der Waals surface area contributed by atoms with Gasteiger partial charge in [0, 0.05) is 58.8 Å². The van der Waals surface area contributed by atoms with E-state index in [4.69, 9.17) is 20.4 Å². The van der Waals surface area contributed by atoms with Crippen LogP contribution >= 0.6 is 22.9 Å². The number of para-hydroxylation sites is 2. The van der Waals surface area contributed by atoms with Gasteiger partial charge in [-0.2, -0.15) is 0 Å². The fourth-order valence-electron chi connectivity index (χ4n) is 6.04. The molecule has 9 rings (SSSR count). The first-order chi connectivity index (χ1) is 20.2. The number of benzene rings is 6. The van der Waals surface area contributed by atoms with E-state index in [1.807, 2.05) is 41.7 Å². The third-order valence-electron chi connectivity index (χ3n) is 7.93. The Morgan fingerprint density at radius 3 is 1.88 bits per heavy atom. The van der Waals surface area contributed by atoms with Gasteiger partial charge in [0.1, 0.15) is 16.7 Å². The molecule has 3 heterocycles. The molecule has 0 aliphatic heterocycles. The highest BCUT2D eigenvalue weighted by atomic mass is 35.5. The van der Waals surface area contributed by atoms with Gasteiger partial charge >= 0.3 is 0 Å². The molecular formula is C36H20ClNO2S. The van der Waals surface area contributed by atoms with Crippen LogP contribution in [0.25, 0.3) is 64.0 Å². The van der Waals surface area contributed by atoms with E-state index < -0.39 is 0 Å². The summed E-state index contributed by atoms with van der Waals surface area (Å²) in [5.74, 6) is 0. The summed E-state index contributed by atoms with van der Waals surface area (Å²) >= 11 is 8.32. The maximum atomic E-state index is 6.50. The van der Waals surface area contributed by atoms with Crippen LogP contribution in [0.5, 0.6) is 0 Å². The van der Waals surface area contributed by atoms with Gasteiger partial charge in [0.25, 0.3) is 0 Å². The standard InChI is InChI=1S/C36H20ClNO2S/c37-30-9-5-8-26-28-19-22(13-16-33(28)40-36(26)30)38(21-12-15-32-27(18-21)24-6-1-3-10-31(24)39-32)23-14-17-35-29(20-23)25-7-2-4-11-34(25)41-35/h1-20H. The molecule has 0 aliphatic rings. The minimum atomic E-state index is 0.615. The van der Waals surface area contributed by atoms with Crippen LogP contribution in [-0.4, -0.2) is 0 Å². The smallest absolute Gasteiger partial charge is 0.153 e. The van der Waals surface area contributed by atoms with Crippen LogP contribution in [0, 0.1) is 0 Å². The lowest BCUT2D eigenvalue weighted by atomic mass is 10.1. The van der Waals surface area contributed by atoms with Crippen LogP contribution in [-0.2, 0) is 0 Å². The lowest BCUT2D eigenvalue weighted by molar-refractivity contribution is 0.668. The number of halogens is 1. The Morgan fingerprint density at radius 2 is 1.05 bits per heavy atom. The molecule has 0 unspecified atom stereocenters. The van der Waals surface area contributed by atoms with Crippen molar-refractivity contribution < 1.29 is 8.83 Å². The van der Waals surface area contributed by atoms with Crippen molar-refractivity contribution in [1.82, 2.24) is 0 Å². The lowest BCUT2D eigenvalue weighted by Gasteiger charge is -2.26. The highest BCUT2D eigenvalue weighted by Gasteiger charge is 2.19. The number of thiophene rings is 1. The molecule has 3 aromatic heterocycles. The Kier molecular flexibility index (Phi) is 4.83. The van der Waals surface area contributed by atoms with E-state index in [2.05, 4.69) is 95.9 Å². The molecule has 3 nitrogen and oxygen atoms in total. The second-order valence-corrected chi connectivity index (χ2v) is 11.8. The van der Waals surface area contributed by atoms with Crippen LogP contribution in [0.4, 0.5) is 17.1 Å². The van der Waals surface area contributed by atoms with Gasteiger partial charge in [0.2, 0.25) is 0 Å². The summed E-state index contributed by atoms with van der Waals surface area (Å²) in [7, 11) is 0. The fraction of sp³-hybridized carbons (Fsp3) is 0. The second kappa shape index (κ2) is 8.61. The zero-order valence-electron chi connectivity index (χ0n) is 21.6. The van der Waals surface area contributed by atoms with Crippen LogP contribution in [0.2, 0.25) is 5.02 Å². The van der Waals surface area contributed by atoms with Crippen molar-refractivity contribution in [3.8, 4) is 0 Å². The monoisotopic (exact) mass is 565 g/mol. The summed E-state index contributed by atoms with van der Waals surface area (Å²) in [5, 5.41) is 7.37. The number of furan rings is 2. The van der Waals surface area contributed by atoms with Gasteiger partial charge in [-0.1, -0.05) is 60.1 Å². The Hall–Kier alpha value is -4.77. The maximum absolute atomic E-state index is 6.50. The minimum absolute atomic E-state index is 0.615. The van der Waals surface area contributed by atoms with Crippen molar-refractivity contribution in [2.45, 2.75) is 0 Å². The van der Waals surface area contributed by atoms with Crippen molar-refractivity contribution >= 4 is 104 Å². The zero-order chi connectivity index (χ0) is 27.1. The zero-order valence-corrected chi connectivity index (χ0v) is 23.2. The Balaban J connectivity index is 1.32. The van der Waals surface area contributed by atoms with Gasteiger partial charge in [-0.3, -0.25) is 0 Å². The first-order valence-corrected chi connectivity index (χ1v) is 14.6. The molecule has 0 saturated heterocycles. The summed E-state index contributed by atoms with van der Waals surface area (Å²) in [6.07, 6.45) is 0. The van der Waals surface area contributed by atoms with Gasteiger partial charge in [-0.15, -0.1) is 11.3 Å². The van der Waals surface area contributed by atoms with Gasteiger partial charge in [-0.25, -0.2) is 0 Å². The molecule has 0 N–H and O–H groups in total. The van der Waals surface area contributed by atoms with Crippen molar-refractivity contribution in [3.05, 3.63) is 126 Å². The number of nitrogens with zero attached hydrogens (tertiary/aromatic N) is 1. The molecule has 0 atom stereocenters. The molecular weight excluding hydrogens is 546 g/mol. The molecule has 0 amide bonds.